The molecule has 4 heteroatoms. The second-order valence-electron chi connectivity index (χ2n) is 10.9. The molecule has 2 aromatic heterocycles. The van der Waals surface area contributed by atoms with Crippen LogP contribution in [0.3, 0.4) is 0 Å². The van der Waals surface area contributed by atoms with Gasteiger partial charge in [0.2, 0.25) is 0 Å². The normalized spacial score (nSPS) is 13.4. The Morgan fingerprint density at radius 2 is 1.10 bits per heavy atom. The van der Waals surface area contributed by atoms with E-state index >= 15 is 0 Å². The molecule has 0 amide bonds. The zero-order valence-corrected chi connectivity index (χ0v) is 22.2. The highest BCUT2D eigenvalue weighted by Crippen LogP contribution is 2.55. The van der Waals surface area contributed by atoms with Crippen LogP contribution < -0.4 is 0 Å². The molecule has 8 rings (SSSR count). The van der Waals surface area contributed by atoms with Crippen LogP contribution in [-0.2, 0) is 5.41 Å². The fourth-order valence-corrected chi connectivity index (χ4v) is 6.20. The van der Waals surface area contributed by atoms with E-state index in [9.17, 15) is 0 Å². The quantitative estimate of drug-likeness (QED) is 0.235. The van der Waals surface area contributed by atoms with Crippen molar-refractivity contribution in [3.8, 4) is 45.3 Å². The van der Waals surface area contributed by atoms with Crippen molar-refractivity contribution in [3.63, 3.8) is 0 Å². The van der Waals surface area contributed by atoms with Crippen molar-refractivity contribution in [2.75, 3.05) is 0 Å². The van der Waals surface area contributed by atoms with Gasteiger partial charge in [-0.15, -0.1) is 0 Å². The van der Waals surface area contributed by atoms with Gasteiger partial charge in [0.05, 0.1) is 0 Å². The third-order valence-corrected chi connectivity index (χ3v) is 8.14. The first-order chi connectivity index (χ1) is 19.6. The molecule has 0 bridgehead atoms. The van der Waals surface area contributed by atoms with Gasteiger partial charge < -0.3 is 4.42 Å². The van der Waals surface area contributed by atoms with E-state index in [0.29, 0.717) is 17.5 Å². The lowest BCUT2D eigenvalue weighted by Crippen LogP contribution is -2.14. The Bertz CT molecular complexity index is 2020. The third kappa shape index (κ3) is 3.29. The maximum absolute atomic E-state index is 6.32. The van der Waals surface area contributed by atoms with Gasteiger partial charge in [-0.2, -0.15) is 0 Å². The minimum absolute atomic E-state index is 0.190. The Labute approximate surface area is 232 Å². The minimum Gasteiger partial charge on any atom is -0.456 e. The fourth-order valence-electron chi connectivity index (χ4n) is 6.20. The van der Waals surface area contributed by atoms with Crippen LogP contribution in [0.1, 0.15) is 25.0 Å². The Hall–Kier alpha value is -5.09. The lowest BCUT2D eigenvalue weighted by Gasteiger charge is -2.21. The molecule has 0 aliphatic heterocycles. The molecule has 2 heterocycles. The molecular formula is C36H25N3O. The zero-order chi connectivity index (χ0) is 26.8. The van der Waals surface area contributed by atoms with Crippen LogP contribution in [0.5, 0.6) is 0 Å². The Morgan fingerprint density at radius 3 is 1.80 bits per heavy atom. The van der Waals surface area contributed by atoms with E-state index in [1.165, 1.54) is 22.3 Å². The smallest absolute Gasteiger partial charge is 0.164 e. The average Bonchev–Trinajstić information content (AvgIpc) is 3.50. The molecule has 190 valence electrons. The molecule has 0 radical (unpaired) electrons. The third-order valence-electron chi connectivity index (χ3n) is 8.14. The number of nitrogens with zero attached hydrogens (tertiary/aromatic N) is 3. The van der Waals surface area contributed by atoms with Crippen molar-refractivity contribution in [2.45, 2.75) is 19.3 Å². The van der Waals surface area contributed by atoms with Crippen LogP contribution in [0.25, 0.3) is 67.2 Å². The van der Waals surface area contributed by atoms with Crippen molar-refractivity contribution in [1.82, 2.24) is 15.0 Å². The summed E-state index contributed by atoms with van der Waals surface area (Å²) in [5.41, 5.74) is 9.44. The number of hydrogen-bond donors (Lipinski definition) is 0. The zero-order valence-electron chi connectivity index (χ0n) is 22.2. The highest BCUT2D eigenvalue weighted by Gasteiger charge is 2.39. The summed E-state index contributed by atoms with van der Waals surface area (Å²) in [5, 5.41) is 2.27. The first-order valence-corrected chi connectivity index (χ1v) is 13.6. The van der Waals surface area contributed by atoms with E-state index in [2.05, 4.69) is 56.3 Å². The molecule has 0 saturated carbocycles. The SMILES string of the molecule is CC1(C)c2cccc(-c3nc(-c4ccccc4)nc(-c4ccccc4)n3)c2-c2c1ccc1oc3ccccc3c21. The second kappa shape index (κ2) is 8.45. The monoisotopic (exact) mass is 515 g/mol. The maximum Gasteiger partial charge on any atom is 0.164 e. The van der Waals surface area contributed by atoms with E-state index in [-0.39, 0.29) is 5.41 Å². The van der Waals surface area contributed by atoms with E-state index in [1.54, 1.807) is 0 Å². The Morgan fingerprint density at radius 1 is 0.500 bits per heavy atom. The number of fused-ring (bicyclic) bond motifs is 7. The molecule has 7 aromatic rings. The van der Waals surface area contributed by atoms with Crippen molar-refractivity contribution in [1.29, 1.82) is 0 Å². The van der Waals surface area contributed by atoms with Crippen LogP contribution in [0, 0.1) is 0 Å². The summed E-state index contributed by atoms with van der Waals surface area (Å²) in [7, 11) is 0. The van der Waals surface area contributed by atoms with Crippen molar-refractivity contribution < 1.29 is 4.42 Å². The standard InChI is InChI=1S/C36H25N3O/c1-36(2)26-18-11-17-25(30(26)32-27(36)20-21-29-31(32)24-16-9-10-19-28(24)40-29)35-38-33(22-12-5-3-6-13-22)37-34(39-35)23-14-7-4-8-15-23/h3-21H,1-2H3. The van der Waals surface area contributed by atoms with Crippen LogP contribution >= 0.6 is 0 Å². The predicted molar refractivity (Wildman–Crippen MR) is 161 cm³/mol. The van der Waals surface area contributed by atoms with Gasteiger partial charge in [-0.05, 0) is 34.4 Å². The number of furan rings is 1. The number of para-hydroxylation sites is 1. The van der Waals surface area contributed by atoms with Gasteiger partial charge in [0.15, 0.2) is 17.5 Å². The van der Waals surface area contributed by atoms with Gasteiger partial charge in [-0.3, -0.25) is 0 Å². The molecule has 1 aliphatic carbocycles. The highest BCUT2D eigenvalue weighted by atomic mass is 16.3. The second-order valence-corrected chi connectivity index (χ2v) is 10.9. The van der Waals surface area contributed by atoms with Gasteiger partial charge in [-0.1, -0.05) is 117 Å². The van der Waals surface area contributed by atoms with Crippen molar-refractivity contribution in [2.24, 2.45) is 0 Å². The molecular weight excluding hydrogens is 490 g/mol. The molecule has 0 unspecified atom stereocenters. The summed E-state index contributed by atoms with van der Waals surface area (Å²) in [5.74, 6) is 1.98. The predicted octanol–water partition coefficient (Wildman–Crippen LogP) is 9.08. The first-order valence-electron chi connectivity index (χ1n) is 13.6. The molecule has 0 atom stereocenters. The summed E-state index contributed by atoms with van der Waals surface area (Å²) in [6.45, 7) is 4.60. The topological polar surface area (TPSA) is 51.8 Å². The number of benzene rings is 5. The van der Waals surface area contributed by atoms with Gasteiger partial charge in [0.1, 0.15) is 11.2 Å². The fraction of sp³-hybridized carbons (Fsp3) is 0.0833. The Kier molecular flexibility index (Phi) is 4.83. The van der Waals surface area contributed by atoms with Gasteiger partial charge in [0.25, 0.3) is 0 Å². The lowest BCUT2D eigenvalue weighted by molar-refractivity contribution is 0.656. The molecule has 0 N–H and O–H groups in total. The molecule has 4 nitrogen and oxygen atoms in total. The van der Waals surface area contributed by atoms with E-state index < -0.39 is 0 Å². The summed E-state index contributed by atoms with van der Waals surface area (Å²) in [6, 6.07) is 39.4. The van der Waals surface area contributed by atoms with Crippen molar-refractivity contribution >= 4 is 21.9 Å². The highest BCUT2D eigenvalue weighted by molar-refractivity contribution is 6.16. The van der Waals surface area contributed by atoms with Crippen LogP contribution in [0.15, 0.2) is 120 Å². The first kappa shape index (κ1) is 22.9. The van der Waals surface area contributed by atoms with Gasteiger partial charge >= 0.3 is 0 Å². The van der Waals surface area contributed by atoms with Gasteiger partial charge in [0, 0.05) is 32.9 Å². The Balaban J connectivity index is 1.46. The maximum atomic E-state index is 6.32. The average molecular weight is 516 g/mol. The number of rotatable bonds is 3. The number of aromatic nitrogens is 3. The van der Waals surface area contributed by atoms with Crippen LogP contribution in [0.2, 0.25) is 0 Å². The summed E-state index contributed by atoms with van der Waals surface area (Å²) < 4.78 is 6.32. The van der Waals surface area contributed by atoms with E-state index in [1.807, 2.05) is 72.8 Å². The lowest BCUT2D eigenvalue weighted by atomic mass is 9.82. The largest absolute Gasteiger partial charge is 0.456 e. The molecule has 40 heavy (non-hydrogen) atoms. The molecule has 0 saturated heterocycles. The molecule has 5 aromatic carbocycles. The van der Waals surface area contributed by atoms with E-state index in [4.69, 9.17) is 19.4 Å². The van der Waals surface area contributed by atoms with Gasteiger partial charge in [-0.25, -0.2) is 15.0 Å². The number of hydrogen-bond acceptors (Lipinski definition) is 4. The summed E-state index contributed by atoms with van der Waals surface area (Å²) in [4.78, 5) is 15.1. The van der Waals surface area contributed by atoms with E-state index in [0.717, 1.165) is 38.6 Å². The summed E-state index contributed by atoms with van der Waals surface area (Å²) >= 11 is 0. The molecule has 0 spiro atoms. The van der Waals surface area contributed by atoms with Crippen LogP contribution in [0.4, 0.5) is 0 Å². The molecule has 0 fully saturated rings. The molecule has 1 aliphatic rings. The van der Waals surface area contributed by atoms with Crippen molar-refractivity contribution in [3.05, 3.63) is 126 Å². The minimum atomic E-state index is -0.190. The summed E-state index contributed by atoms with van der Waals surface area (Å²) in [6.07, 6.45) is 0. The van der Waals surface area contributed by atoms with Crippen LogP contribution in [-0.4, -0.2) is 15.0 Å².